The molecule has 3 aliphatic rings. The minimum atomic E-state index is -1.60. The number of rotatable bonds is 3. The van der Waals surface area contributed by atoms with Gasteiger partial charge in [-0.3, -0.25) is 14.4 Å². The topological polar surface area (TPSA) is 54.5 Å². The second-order valence-electron chi connectivity index (χ2n) is 9.80. The van der Waals surface area contributed by atoms with Crippen LogP contribution in [0.25, 0.3) is 6.08 Å². The first-order chi connectivity index (χ1) is 18.4. The summed E-state index contributed by atoms with van der Waals surface area (Å²) >= 11 is 7.62. The van der Waals surface area contributed by atoms with Crippen molar-refractivity contribution in [2.24, 2.45) is 5.41 Å². The Labute approximate surface area is 227 Å². The van der Waals surface area contributed by atoms with Crippen LogP contribution in [0.3, 0.4) is 0 Å². The van der Waals surface area contributed by atoms with Crippen LogP contribution in [0.4, 0.5) is 10.1 Å². The fourth-order valence-electron chi connectivity index (χ4n) is 6.56. The molecule has 0 N–H and O–H groups in total. The summed E-state index contributed by atoms with van der Waals surface area (Å²) in [6.45, 7) is 0. The lowest BCUT2D eigenvalue weighted by atomic mass is 9.64. The summed E-state index contributed by atoms with van der Waals surface area (Å²) in [5.41, 5.74) is 1.18. The fourth-order valence-corrected chi connectivity index (χ4v) is 7.43. The predicted octanol–water partition coefficient (Wildman–Crippen LogP) is 6.86. The maximum atomic E-state index is 14.5. The zero-order valence-electron chi connectivity index (χ0n) is 19.8. The van der Waals surface area contributed by atoms with Gasteiger partial charge in [-0.05, 0) is 52.9 Å². The monoisotopic (exact) mass is 539 g/mol. The van der Waals surface area contributed by atoms with E-state index in [2.05, 4.69) is 0 Å². The van der Waals surface area contributed by atoms with Crippen LogP contribution in [0, 0.1) is 11.2 Å². The molecule has 7 heteroatoms. The van der Waals surface area contributed by atoms with Crippen molar-refractivity contribution in [1.29, 1.82) is 0 Å². The van der Waals surface area contributed by atoms with Crippen molar-refractivity contribution in [1.82, 2.24) is 0 Å². The third kappa shape index (κ3) is 2.99. The average molecular weight is 540 g/mol. The molecular weight excluding hydrogens is 521 g/mol. The van der Waals surface area contributed by atoms with E-state index < -0.39 is 29.2 Å². The lowest BCUT2D eigenvalue weighted by Crippen LogP contribution is -2.48. The van der Waals surface area contributed by atoms with Gasteiger partial charge in [0.2, 0.25) is 0 Å². The number of benzene rings is 3. The van der Waals surface area contributed by atoms with Crippen LogP contribution in [0.15, 0.2) is 90.3 Å². The Hall–Kier alpha value is -3.87. The van der Waals surface area contributed by atoms with E-state index in [1.807, 2.05) is 28.5 Å². The van der Waals surface area contributed by atoms with Gasteiger partial charge in [0.05, 0.1) is 10.9 Å². The highest BCUT2D eigenvalue weighted by Gasteiger charge is 2.71. The molecule has 1 aliphatic carbocycles. The standard InChI is InChI=1S/C31H19ClFNO3S/c32-19-10-13-23-18(16-19)9-14-25-31(29(36)21-4-1-2-5-22(21)30(31)37)26(17-7-11-20(33)12-8-17)27(34(23)25)28(35)24-6-3-15-38-24/h1-16,25-27H/t25?,26-,27+/m0/s1. The number of ketones is 3. The van der Waals surface area contributed by atoms with Crippen LogP contribution in [0.2, 0.25) is 5.02 Å². The molecule has 0 saturated carbocycles. The van der Waals surface area contributed by atoms with Gasteiger partial charge in [0, 0.05) is 27.8 Å². The predicted molar refractivity (Wildman–Crippen MR) is 146 cm³/mol. The lowest BCUT2D eigenvalue weighted by molar-refractivity contribution is 0.0666. The number of fused-ring (bicyclic) bond motifs is 5. The van der Waals surface area contributed by atoms with Crippen molar-refractivity contribution in [2.75, 3.05) is 4.90 Å². The van der Waals surface area contributed by atoms with Crippen LogP contribution in [-0.2, 0) is 0 Å². The molecule has 4 aromatic rings. The maximum absolute atomic E-state index is 14.5. The lowest BCUT2D eigenvalue weighted by Gasteiger charge is -2.37. The summed E-state index contributed by atoms with van der Waals surface area (Å²) in [6, 6.07) is 20.0. The summed E-state index contributed by atoms with van der Waals surface area (Å²) in [5, 5.41) is 2.37. The average Bonchev–Trinajstić information content (AvgIpc) is 3.62. The highest BCUT2D eigenvalue weighted by molar-refractivity contribution is 7.12. The zero-order valence-corrected chi connectivity index (χ0v) is 21.4. The normalized spacial score (nSPS) is 22.5. The molecule has 3 heterocycles. The van der Waals surface area contributed by atoms with Crippen molar-refractivity contribution >= 4 is 52.1 Å². The Morgan fingerprint density at radius 2 is 1.63 bits per heavy atom. The molecule has 1 spiro atoms. The quantitative estimate of drug-likeness (QED) is 0.211. The van der Waals surface area contributed by atoms with Crippen LogP contribution >= 0.6 is 22.9 Å². The van der Waals surface area contributed by atoms with E-state index in [0.717, 1.165) is 11.3 Å². The molecule has 1 unspecified atom stereocenters. The minimum Gasteiger partial charge on any atom is -0.352 e. The number of anilines is 1. The number of halogens is 2. The Morgan fingerprint density at radius 1 is 0.921 bits per heavy atom. The summed E-state index contributed by atoms with van der Waals surface area (Å²) in [7, 11) is 0. The Balaban J connectivity index is 1.56. The van der Waals surface area contributed by atoms with Gasteiger partial charge in [-0.25, -0.2) is 4.39 Å². The van der Waals surface area contributed by atoms with Crippen molar-refractivity contribution < 1.29 is 18.8 Å². The first-order valence-corrected chi connectivity index (χ1v) is 13.5. The van der Waals surface area contributed by atoms with Gasteiger partial charge in [-0.1, -0.05) is 66.2 Å². The van der Waals surface area contributed by atoms with Crippen molar-refractivity contribution in [3.05, 3.63) is 128 Å². The van der Waals surface area contributed by atoms with Gasteiger partial charge < -0.3 is 4.90 Å². The zero-order chi connectivity index (χ0) is 26.2. The van der Waals surface area contributed by atoms with Gasteiger partial charge >= 0.3 is 0 Å². The second kappa shape index (κ2) is 8.32. The summed E-state index contributed by atoms with van der Waals surface area (Å²) < 4.78 is 14.1. The Morgan fingerprint density at radius 3 is 2.29 bits per heavy atom. The van der Waals surface area contributed by atoms with E-state index in [1.54, 1.807) is 60.7 Å². The fraction of sp³-hybridized carbons (Fsp3) is 0.129. The number of nitrogens with zero attached hydrogens (tertiary/aromatic N) is 1. The summed E-state index contributed by atoms with van der Waals surface area (Å²) in [4.78, 5) is 45.7. The first-order valence-electron chi connectivity index (χ1n) is 12.2. The largest absolute Gasteiger partial charge is 0.352 e. The van der Waals surface area contributed by atoms with Gasteiger partial charge in [0.15, 0.2) is 17.3 Å². The van der Waals surface area contributed by atoms with E-state index in [0.29, 0.717) is 26.6 Å². The van der Waals surface area contributed by atoms with Gasteiger partial charge in [-0.15, -0.1) is 11.3 Å². The van der Waals surface area contributed by atoms with Crippen LogP contribution < -0.4 is 4.90 Å². The Bertz CT molecular complexity index is 1640. The van der Waals surface area contributed by atoms with Gasteiger partial charge in [0.1, 0.15) is 17.3 Å². The molecule has 0 bridgehead atoms. The molecule has 2 aliphatic heterocycles. The van der Waals surface area contributed by atoms with Crippen molar-refractivity contribution in [3.8, 4) is 0 Å². The molecule has 0 radical (unpaired) electrons. The van der Waals surface area contributed by atoms with E-state index >= 15 is 0 Å². The third-order valence-corrected chi connectivity index (χ3v) is 9.15. The first kappa shape index (κ1) is 23.3. The van der Waals surface area contributed by atoms with E-state index in [1.165, 1.54) is 23.5 Å². The smallest absolute Gasteiger partial charge is 0.195 e. The molecule has 38 heavy (non-hydrogen) atoms. The van der Waals surface area contributed by atoms with E-state index in [4.69, 9.17) is 11.6 Å². The molecule has 3 aromatic carbocycles. The number of thiophene rings is 1. The second-order valence-corrected chi connectivity index (χ2v) is 11.2. The highest BCUT2D eigenvalue weighted by Crippen LogP contribution is 2.61. The number of hydrogen-bond donors (Lipinski definition) is 0. The highest BCUT2D eigenvalue weighted by atomic mass is 35.5. The number of carbonyl (C=O) groups excluding carboxylic acids is 3. The maximum Gasteiger partial charge on any atom is 0.195 e. The number of Topliss-reactive ketones (excluding diaryl/α,β-unsaturated/α-hetero) is 3. The molecule has 0 amide bonds. The van der Waals surface area contributed by atoms with E-state index in [-0.39, 0.29) is 17.3 Å². The van der Waals surface area contributed by atoms with Crippen LogP contribution in [-0.4, -0.2) is 29.4 Å². The number of hydrogen-bond acceptors (Lipinski definition) is 5. The summed E-state index contributed by atoms with van der Waals surface area (Å²) in [5.74, 6) is -2.12. The summed E-state index contributed by atoms with van der Waals surface area (Å²) in [6.07, 6.45) is 3.71. The molecule has 3 atom stereocenters. The van der Waals surface area contributed by atoms with Crippen LogP contribution in [0.1, 0.15) is 47.4 Å². The third-order valence-electron chi connectivity index (χ3n) is 8.03. The SMILES string of the molecule is O=C(c1cccs1)[C@H]1[C@H](c2ccc(F)cc2)C2(C(=O)c3ccccc3C2=O)C2C=Cc3cc(Cl)ccc3N21. The van der Waals surface area contributed by atoms with Gasteiger partial charge in [-0.2, -0.15) is 0 Å². The molecule has 1 saturated heterocycles. The molecule has 1 aromatic heterocycles. The molecule has 186 valence electrons. The molecular formula is C31H19ClFNO3S. The number of carbonyl (C=O) groups is 3. The minimum absolute atomic E-state index is 0.191. The van der Waals surface area contributed by atoms with Crippen molar-refractivity contribution in [3.63, 3.8) is 0 Å². The Kier molecular flexibility index (Phi) is 5.09. The van der Waals surface area contributed by atoms with Crippen molar-refractivity contribution in [2.45, 2.75) is 18.0 Å². The molecule has 1 fully saturated rings. The van der Waals surface area contributed by atoms with E-state index in [9.17, 15) is 18.8 Å². The van der Waals surface area contributed by atoms with Crippen LogP contribution in [0.5, 0.6) is 0 Å². The molecule has 4 nitrogen and oxygen atoms in total. The van der Waals surface area contributed by atoms with Gasteiger partial charge in [0.25, 0.3) is 0 Å². The molecule has 7 rings (SSSR count).